The molecule has 24 heavy (non-hydrogen) atoms. The largest absolute Gasteiger partial charge is 0.481 e. The Kier molecular flexibility index (Phi) is 8.78. The van der Waals surface area contributed by atoms with E-state index in [2.05, 4.69) is 25.1 Å². The highest BCUT2D eigenvalue weighted by Gasteiger charge is 2.27. The van der Waals surface area contributed by atoms with Gasteiger partial charge in [0, 0.05) is 6.20 Å². The van der Waals surface area contributed by atoms with Crippen LogP contribution in [0.4, 0.5) is 0 Å². The Labute approximate surface area is 141 Å². The molecule has 136 valence electrons. The lowest BCUT2D eigenvalue weighted by atomic mass is 10.0. The maximum absolute atomic E-state index is 10.5. The van der Waals surface area contributed by atoms with Crippen LogP contribution in [-0.2, 0) is 9.68 Å². The zero-order valence-corrected chi connectivity index (χ0v) is 14.4. The summed E-state index contributed by atoms with van der Waals surface area (Å²) in [7, 11) is 0. The van der Waals surface area contributed by atoms with Gasteiger partial charge in [-0.1, -0.05) is 0 Å². The Morgan fingerprint density at radius 3 is 2.17 bits per heavy atom. The summed E-state index contributed by atoms with van der Waals surface area (Å²) in [5, 5.41) is 25.1. The monoisotopic (exact) mass is 342 g/mol. The predicted molar refractivity (Wildman–Crippen MR) is 91.1 cm³/mol. The number of nitrogens with zero attached hydrogens (tertiary/aromatic N) is 4. The van der Waals surface area contributed by atoms with Gasteiger partial charge in [0.25, 0.3) is 0 Å². The van der Waals surface area contributed by atoms with Crippen molar-refractivity contribution in [3.05, 3.63) is 12.3 Å². The number of carbonyl (C=O) groups is 1. The van der Waals surface area contributed by atoms with E-state index in [1.54, 1.807) is 27.7 Å². The molecule has 0 unspecified atom stereocenters. The van der Waals surface area contributed by atoms with Crippen LogP contribution in [0.25, 0.3) is 0 Å². The summed E-state index contributed by atoms with van der Waals surface area (Å²) < 4.78 is 0. The molecule has 0 amide bonds. The van der Waals surface area contributed by atoms with Gasteiger partial charge in [-0.15, -0.1) is 0 Å². The molecule has 10 nitrogen and oxygen atoms in total. The molecule has 0 rings (SSSR count). The van der Waals surface area contributed by atoms with Crippen LogP contribution in [0.2, 0.25) is 0 Å². The third-order valence-corrected chi connectivity index (χ3v) is 2.90. The summed E-state index contributed by atoms with van der Waals surface area (Å²) in [5.41, 5.74) is 9.93. The molecule has 0 aliphatic carbocycles. The molecule has 0 aliphatic heterocycles. The summed E-state index contributed by atoms with van der Waals surface area (Å²) >= 11 is 0. The molecule has 10 heteroatoms. The summed E-state index contributed by atoms with van der Waals surface area (Å²) in [6.07, 6.45) is 2.75. The van der Waals surface area contributed by atoms with E-state index in [1.807, 2.05) is 0 Å². The number of carboxylic acid groups (broad SMARTS) is 1. The molecule has 0 aromatic heterocycles. The van der Waals surface area contributed by atoms with Crippen LogP contribution in [0.1, 0.15) is 34.1 Å². The predicted octanol–water partition coefficient (Wildman–Crippen LogP) is 1.19. The van der Waals surface area contributed by atoms with Crippen molar-refractivity contribution >= 4 is 17.6 Å². The minimum Gasteiger partial charge on any atom is -0.481 e. The second-order valence-electron chi connectivity index (χ2n) is 5.92. The number of azo groups is 1. The van der Waals surface area contributed by atoms with Gasteiger partial charge >= 0.3 is 5.97 Å². The lowest BCUT2D eigenvalue weighted by Gasteiger charge is -2.22. The van der Waals surface area contributed by atoms with Gasteiger partial charge < -0.3 is 16.6 Å². The number of hydrogen-bond acceptors (Lipinski definition) is 7. The van der Waals surface area contributed by atoms with E-state index in [1.165, 1.54) is 12.3 Å². The van der Waals surface area contributed by atoms with E-state index in [-0.39, 0.29) is 31.2 Å². The molecule has 0 saturated carbocycles. The smallest absolute Gasteiger partial charge is 0.305 e. The highest BCUT2D eigenvalue weighted by molar-refractivity contribution is 5.90. The SMILES string of the molecule is CC(C)(N=NC(C)(C)C(N)=NCCC(=O)O)C(N)=NC=CCOO. The molecule has 0 aromatic rings. The number of aliphatic imine (C=N–C) groups is 2. The summed E-state index contributed by atoms with van der Waals surface area (Å²) in [6.45, 7) is 6.93. The Hall–Kier alpha value is -2.33. The van der Waals surface area contributed by atoms with Gasteiger partial charge in [0.1, 0.15) is 29.4 Å². The van der Waals surface area contributed by atoms with Crippen molar-refractivity contribution in [3.63, 3.8) is 0 Å². The number of nitrogens with two attached hydrogens (primary N) is 2. The first-order valence-corrected chi connectivity index (χ1v) is 7.24. The molecular weight excluding hydrogens is 316 g/mol. The van der Waals surface area contributed by atoms with Crippen LogP contribution >= 0.6 is 0 Å². The Bertz CT molecular complexity index is 537. The van der Waals surface area contributed by atoms with Crippen molar-refractivity contribution < 1.29 is 20.0 Å². The van der Waals surface area contributed by atoms with Crippen molar-refractivity contribution in [2.75, 3.05) is 13.2 Å². The molecule has 0 spiro atoms. The second kappa shape index (κ2) is 9.73. The number of rotatable bonds is 10. The number of carboxylic acids is 1. The van der Waals surface area contributed by atoms with Crippen molar-refractivity contribution in [3.8, 4) is 0 Å². The molecule has 0 aromatic carbocycles. The molecule has 0 atom stereocenters. The third-order valence-electron chi connectivity index (χ3n) is 2.90. The Balaban J connectivity index is 5.01. The topological polar surface area (TPSA) is 168 Å². The number of hydrogen-bond donors (Lipinski definition) is 4. The average molecular weight is 342 g/mol. The highest BCUT2D eigenvalue weighted by Crippen LogP contribution is 2.16. The minimum atomic E-state index is -0.948. The van der Waals surface area contributed by atoms with E-state index < -0.39 is 17.0 Å². The Morgan fingerprint density at radius 2 is 1.67 bits per heavy atom. The van der Waals surface area contributed by atoms with Crippen LogP contribution in [0.5, 0.6) is 0 Å². The fourth-order valence-corrected chi connectivity index (χ4v) is 1.19. The quantitative estimate of drug-likeness (QED) is 0.153. The van der Waals surface area contributed by atoms with Crippen LogP contribution < -0.4 is 11.5 Å². The van der Waals surface area contributed by atoms with Crippen molar-refractivity contribution in [1.29, 1.82) is 0 Å². The first-order chi connectivity index (χ1) is 11.0. The summed E-state index contributed by atoms with van der Waals surface area (Å²) in [4.78, 5) is 22.3. The second-order valence-corrected chi connectivity index (χ2v) is 5.92. The Morgan fingerprint density at radius 1 is 1.12 bits per heavy atom. The van der Waals surface area contributed by atoms with Gasteiger partial charge in [-0.25, -0.2) is 9.88 Å². The summed E-state index contributed by atoms with van der Waals surface area (Å²) in [5.74, 6) is -0.563. The molecule has 0 bridgehead atoms. The molecule has 0 saturated heterocycles. The van der Waals surface area contributed by atoms with Crippen LogP contribution in [0, 0.1) is 0 Å². The van der Waals surface area contributed by atoms with Crippen LogP contribution in [-0.4, -0.2) is 52.2 Å². The zero-order chi connectivity index (χ0) is 18.8. The van der Waals surface area contributed by atoms with E-state index in [4.69, 9.17) is 21.8 Å². The van der Waals surface area contributed by atoms with Gasteiger partial charge in [0.05, 0.1) is 13.0 Å². The molecule has 0 aliphatic rings. The highest BCUT2D eigenvalue weighted by atomic mass is 17.1. The standard InChI is InChI=1S/C14H26N6O4/c1-13(2,11(15)17-7-5-9-24-23)19-20-14(3,4)12(16)18-8-6-10(21)22/h5,7,23H,6,8-9H2,1-4H3,(H2,15,17)(H2,16,18)(H,21,22). The van der Waals surface area contributed by atoms with Crippen molar-refractivity contribution in [2.24, 2.45) is 31.7 Å². The molecule has 0 fully saturated rings. The summed E-state index contributed by atoms with van der Waals surface area (Å²) in [6, 6.07) is 0. The maximum Gasteiger partial charge on any atom is 0.305 e. The van der Waals surface area contributed by atoms with Crippen LogP contribution in [0.15, 0.2) is 32.5 Å². The fourth-order valence-electron chi connectivity index (χ4n) is 1.19. The van der Waals surface area contributed by atoms with E-state index >= 15 is 0 Å². The van der Waals surface area contributed by atoms with Gasteiger partial charge in [-0.3, -0.25) is 15.0 Å². The lowest BCUT2D eigenvalue weighted by molar-refractivity contribution is -0.231. The zero-order valence-electron chi connectivity index (χ0n) is 14.4. The van der Waals surface area contributed by atoms with Crippen LogP contribution in [0.3, 0.4) is 0 Å². The van der Waals surface area contributed by atoms with E-state index in [0.717, 1.165) is 0 Å². The molecule has 0 radical (unpaired) electrons. The molecular formula is C14H26N6O4. The first kappa shape index (κ1) is 21.7. The molecule has 0 heterocycles. The normalized spacial score (nSPS) is 14.7. The van der Waals surface area contributed by atoms with E-state index in [9.17, 15) is 4.79 Å². The van der Waals surface area contributed by atoms with Crippen molar-refractivity contribution in [1.82, 2.24) is 0 Å². The third kappa shape index (κ3) is 8.34. The number of amidine groups is 2. The van der Waals surface area contributed by atoms with E-state index in [0.29, 0.717) is 0 Å². The minimum absolute atomic E-state index is 0.00486. The number of aliphatic carboxylic acids is 1. The van der Waals surface area contributed by atoms with Crippen molar-refractivity contribution in [2.45, 2.75) is 45.2 Å². The lowest BCUT2D eigenvalue weighted by Crippen LogP contribution is -2.40. The van der Waals surface area contributed by atoms with Gasteiger partial charge in [0.15, 0.2) is 0 Å². The first-order valence-electron chi connectivity index (χ1n) is 7.24. The van der Waals surface area contributed by atoms with Gasteiger partial charge in [0.2, 0.25) is 0 Å². The maximum atomic E-state index is 10.5. The average Bonchev–Trinajstić information content (AvgIpc) is 2.49. The fraction of sp³-hybridized carbons (Fsp3) is 0.643. The molecule has 6 N–H and O–H groups in total. The van der Waals surface area contributed by atoms with Gasteiger partial charge in [-0.2, -0.15) is 10.2 Å². The van der Waals surface area contributed by atoms with Gasteiger partial charge in [-0.05, 0) is 33.8 Å².